The molecular weight excluding hydrogens is 230 g/mol. The first-order valence-corrected chi connectivity index (χ1v) is 5.96. The lowest BCUT2D eigenvalue weighted by Gasteiger charge is -1.77. The van der Waals surface area contributed by atoms with Crippen LogP contribution in [0.1, 0.15) is 0 Å². The van der Waals surface area contributed by atoms with Gasteiger partial charge in [-0.05, 0) is 12.1 Å². The van der Waals surface area contributed by atoms with Crippen molar-refractivity contribution in [3.8, 4) is 0 Å². The number of benzene rings is 2. The van der Waals surface area contributed by atoms with Crippen molar-refractivity contribution in [2.45, 2.75) is 0 Å². The van der Waals surface area contributed by atoms with Gasteiger partial charge < -0.3 is 0 Å². The van der Waals surface area contributed by atoms with Gasteiger partial charge in [-0.1, -0.05) is 54.6 Å². The first kappa shape index (κ1) is 11.5. The molecule has 0 aliphatic carbocycles. The monoisotopic (exact) mass is 241 g/mol. The van der Waals surface area contributed by atoms with Crippen molar-refractivity contribution in [2.24, 2.45) is 4.99 Å². The molecule has 84 valence electrons. The zero-order chi connectivity index (χ0) is 11.9. The Balaban J connectivity index is 0.000000153. The highest BCUT2D eigenvalue weighted by molar-refractivity contribution is 7.67. The Morgan fingerprint density at radius 1 is 0.824 bits per heavy atom. The Hall–Kier alpha value is -2.00. The first-order chi connectivity index (χ1) is 8.40. The third-order valence-electron chi connectivity index (χ3n) is 2.20. The Morgan fingerprint density at radius 2 is 1.41 bits per heavy atom. The van der Waals surface area contributed by atoms with Crippen LogP contribution < -0.4 is 10.6 Å². The minimum absolute atomic E-state index is 0.433. The summed E-state index contributed by atoms with van der Waals surface area (Å²) in [6.45, 7) is 0. The summed E-state index contributed by atoms with van der Waals surface area (Å²) in [6.07, 6.45) is 1.80. The number of para-hydroxylation sites is 1. The van der Waals surface area contributed by atoms with Crippen LogP contribution >= 0.6 is 0 Å². The number of hydrogen-bond donors (Lipinski definition) is 0. The SMILES string of the molecule is O=S=C1C=c2ccccc2=N1.c1ccccc1. The Morgan fingerprint density at radius 3 is 1.94 bits per heavy atom. The van der Waals surface area contributed by atoms with Crippen LogP contribution in [0.4, 0.5) is 0 Å². The van der Waals surface area contributed by atoms with Gasteiger partial charge in [0.05, 0.1) is 5.36 Å². The molecule has 1 aliphatic heterocycles. The molecule has 2 aromatic rings. The molecule has 2 nitrogen and oxygen atoms in total. The van der Waals surface area contributed by atoms with Crippen molar-refractivity contribution in [3.63, 3.8) is 0 Å². The van der Waals surface area contributed by atoms with Crippen LogP contribution in [0.2, 0.25) is 0 Å². The average Bonchev–Trinajstić information content (AvgIpc) is 2.84. The molecule has 0 saturated carbocycles. The van der Waals surface area contributed by atoms with Crippen molar-refractivity contribution >= 4 is 22.3 Å². The molecule has 3 rings (SSSR count). The highest BCUT2D eigenvalue weighted by Crippen LogP contribution is 1.83. The Labute approximate surface area is 103 Å². The third-order valence-corrected chi connectivity index (χ3v) is 2.58. The van der Waals surface area contributed by atoms with Gasteiger partial charge in [0.1, 0.15) is 11.3 Å². The van der Waals surface area contributed by atoms with Gasteiger partial charge in [0, 0.05) is 5.22 Å². The second-order valence-electron chi connectivity index (χ2n) is 3.39. The maximum Gasteiger partial charge on any atom is 0.157 e. The van der Waals surface area contributed by atoms with Gasteiger partial charge in [-0.2, -0.15) is 0 Å². The standard InChI is InChI=1S/C8H5NOS.C6H6/c10-11-8-5-6-3-1-2-4-7(6)9-8;1-2-4-6-5-3-1/h1-5H;1-6H. The second-order valence-corrected chi connectivity index (χ2v) is 3.98. The molecule has 0 bridgehead atoms. The predicted octanol–water partition coefficient (Wildman–Crippen LogP) is 1.13. The minimum atomic E-state index is 0.433. The molecule has 0 amide bonds. The van der Waals surface area contributed by atoms with Crippen molar-refractivity contribution in [3.05, 3.63) is 71.2 Å². The van der Waals surface area contributed by atoms with E-state index in [-0.39, 0.29) is 0 Å². The maximum absolute atomic E-state index is 10.4. The molecule has 1 heterocycles. The first-order valence-electron chi connectivity index (χ1n) is 5.22. The van der Waals surface area contributed by atoms with E-state index in [1.165, 1.54) is 0 Å². The number of nitrogens with zero attached hydrogens (tertiary/aromatic N) is 1. The van der Waals surface area contributed by atoms with E-state index in [0.29, 0.717) is 16.2 Å². The summed E-state index contributed by atoms with van der Waals surface area (Å²) in [5.41, 5.74) is 0. The topological polar surface area (TPSA) is 29.4 Å². The molecule has 0 aromatic heterocycles. The molecule has 0 unspecified atom stereocenters. The lowest BCUT2D eigenvalue weighted by Crippen LogP contribution is -2.19. The van der Waals surface area contributed by atoms with Gasteiger partial charge in [0.2, 0.25) is 0 Å². The fourth-order valence-corrected chi connectivity index (χ4v) is 1.73. The van der Waals surface area contributed by atoms with E-state index in [1.807, 2.05) is 60.7 Å². The number of fused-ring (bicyclic) bond motifs is 1. The lowest BCUT2D eigenvalue weighted by molar-refractivity contribution is 0.701. The molecule has 0 spiro atoms. The van der Waals surface area contributed by atoms with Crippen molar-refractivity contribution in [1.29, 1.82) is 0 Å². The Kier molecular flexibility index (Phi) is 4.00. The molecule has 3 heteroatoms. The summed E-state index contributed by atoms with van der Waals surface area (Å²) in [4.78, 5) is 4.63. The van der Waals surface area contributed by atoms with Gasteiger partial charge in [-0.15, -0.1) is 0 Å². The van der Waals surface area contributed by atoms with Gasteiger partial charge >= 0.3 is 0 Å². The molecular formula is C14H11NOS. The zero-order valence-corrected chi connectivity index (χ0v) is 9.93. The number of rotatable bonds is 0. The Bertz CT molecular complexity index is 594. The third kappa shape index (κ3) is 3.23. The van der Waals surface area contributed by atoms with E-state index in [2.05, 4.69) is 4.99 Å². The summed E-state index contributed by atoms with van der Waals surface area (Å²) in [5, 5.41) is 1.93. The summed E-state index contributed by atoms with van der Waals surface area (Å²) in [5.74, 6) is 0. The average molecular weight is 241 g/mol. The van der Waals surface area contributed by atoms with Gasteiger partial charge in [0.15, 0.2) is 4.99 Å². The number of hydrogen-bond acceptors (Lipinski definition) is 1. The van der Waals surface area contributed by atoms with Crippen LogP contribution in [0.3, 0.4) is 0 Å². The van der Waals surface area contributed by atoms with E-state index in [0.717, 1.165) is 10.6 Å². The van der Waals surface area contributed by atoms with Gasteiger partial charge in [-0.3, -0.25) is 0 Å². The highest BCUT2D eigenvalue weighted by Gasteiger charge is 1.98. The van der Waals surface area contributed by atoms with Crippen LogP contribution in [-0.4, -0.2) is 9.20 Å². The van der Waals surface area contributed by atoms with Crippen molar-refractivity contribution in [2.75, 3.05) is 0 Å². The quantitative estimate of drug-likeness (QED) is 0.636. The zero-order valence-electron chi connectivity index (χ0n) is 9.11. The van der Waals surface area contributed by atoms with Crippen molar-refractivity contribution < 1.29 is 4.21 Å². The van der Waals surface area contributed by atoms with Crippen LogP contribution in [-0.2, 0) is 11.3 Å². The minimum Gasteiger partial charge on any atom is -0.234 e. The highest BCUT2D eigenvalue weighted by atomic mass is 32.1. The fraction of sp³-hybridized carbons (Fsp3) is 0. The molecule has 17 heavy (non-hydrogen) atoms. The van der Waals surface area contributed by atoms with E-state index >= 15 is 0 Å². The molecule has 2 aromatic carbocycles. The molecule has 0 fully saturated rings. The van der Waals surface area contributed by atoms with Crippen molar-refractivity contribution in [1.82, 2.24) is 0 Å². The van der Waals surface area contributed by atoms with Crippen LogP contribution in [0.5, 0.6) is 0 Å². The summed E-state index contributed by atoms with van der Waals surface area (Å²) >= 11 is 0.433. The largest absolute Gasteiger partial charge is 0.234 e. The predicted molar refractivity (Wildman–Crippen MR) is 71.3 cm³/mol. The van der Waals surface area contributed by atoms with E-state index in [4.69, 9.17) is 0 Å². The van der Waals surface area contributed by atoms with Crippen LogP contribution in [0.25, 0.3) is 6.08 Å². The summed E-state index contributed by atoms with van der Waals surface area (Å²) in [6, 6.07) is 19.7. The van der Waals surface area contributed by atoms with Gasteiger partial charge in [-0.25, -0.2) is 9.20 Å². The molecule has 0 atom stereocenters. The molecule has 0 radical (unpaired) electrons. The second kappa shape index (κ2) is 5.92. The van der Waals surface area contributed by atoms with Crippen LogP contribution in [0.15, 0.2) is 65.7 Å². The molecule has 1 aliphatic rings. The summed E-state index contributed by atoms with van der Waals surface area (Å²) in [7, 11) is 0. The van der Waals surface area contributed by atoms with Crippen LogP contribution in [0, 0.1) is 0 Å². The lowest BCUT2D eigenvalue weighted by atomic mass is 10.3. The maximum atomic E-state index is 10.4. The van der Waals surface area contributed by atoms with E-state index < -0.39 is 0 Å². The smallest absolute Gasteiger partial charge is 0.157 e. The molecule has 0 saturated heterocycles. The van der Waals surface area contributed by atoms with E-state index in [1.54, 1.807) is 6.08 Å². The van der Waals surface area contributed by atoms with Gasteiger partial charge in [0.25, 0.3) is 0 Å². The van der Waals surface area contributed by atoms with E-state index in [9.17, 15) is 4.21 Å². The normalized spacial score (nSPS) is 11.4. The summed E-state index contributed by atoms with van der Waals surface area (Å²) < 4.78 is 10.4. The fourth-order valence-electron chi connectivity index (χ4n) is 1.42. The molecule has 0 N–H and O–H groups in total.